The number of nitrogens with one attached hydrogen (secondary N) is 1. The minimum Gasteiger partial charge on any atom is -0.354 e. The van der Waals surface area contributed by atoms with Crippen molar-refractivity contribution in [2.45, 2.75) is 39.2 Å². The van der Waals surface area contributed by atoms with Crippen molar-refractivity contribution in [1.29, 1.82) is 0 Å². The molecule has 1 amide bonds. The molecule has 0 aliphatic heterocycles. The van der Waals surface area contributed by atoms with Crippen LogP contribution in [0.5, 0.6) is 0 Å². The molecule has 0 aliphatic carbocycles. The highest BCUT2D eigenvalue weighted by Crippen LogP contribution is 1.94. The topological polar surface area (TPSA) is 55.1 Å². The van der Waals surface area contributed by atoms with Gasteiger partial charge in [0.05, 0.1) is 0 Å². The summed E-state index contributed by atoms with van der Waals surface area (Å²) in [5.74, 6) is 0.120. The third kappa shape index (κ3) is 5.85. The van der Waals surface area contributed by atoms with E-state index in [1.807, 2.05) is 13.8 Å². The molecule has 3 heteroatoms. The number of nitrogens with two attached hydrogens (primary N) is 1. The highest BCUT2D eigenvalue weighted by molar-refractivity contribution is 5.75. The van der Waals surface area contributed by atoms with Gasteiger partial charge in [-0.3, -0.25) is 4.79 Å². The first-order valence-electron chi connectivity index (χ1n) is 4.20. The van der Waals surface area contributed by atoms with Crippen LogP contribution < -0.4 is 11.1 Å². The quantitative estimate of drug-likeness (QED) is 0.617. The van der Waals surface area contributed by atoms with Crippen molar-refractivity contribution < 1.29 is 4.79 Å². The summed E-state index contributed by atoms with van der Waals surface area (Å²) in [5, 5.41) is 2.87. The van der Waals surface area contributed by atoms with Crippen LogP contribution in [0.3, 0.4) is 0 Å². The molecule has 0 saturated heterocycles. The van der Waals surface area contributed by atoms with Crippen LogP contribution in [0.25, 0.3) is 0 Å². The van der Waals surface area contributed by atoms with Gasteiger partial charge in [0.25, 0.3) is 0 Å². The first-order valence-corrected chi connectivity index (χ1v) is 4.20. The Balaban J connectivity index is 3.35. The van der Waals surface area contributed by atoms with E-state index in [0.29, 0.717) is 13.0 Å². The lowest BCUT2D eigenvalue weighted by Crippen LogP contribution is -2.32. The maximum atomic E-state index is 10.8. The average molecular weight is 158 g/mol. The summed E-state index contributed by atoms with van der Waals surface area (Å²) in [6, 6.07) is 0.269. The van der Waals surface area contributed by atoms with Gasteiger partial charge in [-0.2, -0.15) is 0 Å². The van der Waals surface area contributed by atoms with E-state index >= 15 is 0 Å². The number of carbonyl (C=O) groups excluding carboxylic acids is 1. The Morgan fingerprint density at radius 2 is 2.27 bits per heavy atom. The monoisotopic (exact) mass is 158 g/mol. The molecule has 0 fully saturated rings. The van der Waals surface area contributed by atoms with Gasteiger partial charge in [-0.05, 0) is 26.3 Å². The van der Waals surface area contributed by atoms with E-state index in [1.54, 1.807) is 0 Å². The van der Waals surface area contributed by atoms with Gasteiger partial charge in [0.2, 0.25) is 5.91 Å². The lowest BCUT2D eigenvalue weighted by atomic mass is 10.2. The minimum absolute atomic E-state index is 0.120. The Morgan fingerprint density at radius 1 is 1.64 bits per heavy atom. The van der Waals surface area contributed by atoms with Crippen LogP contribution in [0.2, 0.25) is 0 Å². The summed E-state index contributed by atoms with van der Waals surface area (Å²) in [6.45, 7) is 4.56. The molecule has 0 aromatic rings. The highest BCUT2D eigenvalue weighted by Gasteiger charge is 2.03. The van der Waals surface area contributed by atoms with Crippen LogP contribution in [-0.4, -0.2) is 18.5 Å². The number of hydrogen-bond acceptors (Lipinski definition) is 2. The van der Waals surface area contributed by atoms with Crippen molar-refractivity contribution in [2.75, 3.05) is 6.54 Å². The van der Waals surface area contributed by atoms with Crippen LogP contribution in [-0.2, 0) is 4.79 Å². The van der Waals surface area contributed by atoms with Crippen LogP contribution in [0.1, 0.15) is 33.1 Å². The van der Waals surface area contributed by atoms with Crippen molar-refractivity contribution in [2.24, 2.45) is 5.73 Å². The molecule has 0 radical (unpaired) electrons. The van der Waals surface area contributed by atoms with E-state index in [2.05, 4.69) is 5.32 Å². The van der Waals surface area contributed by atoms with Gasteiger partial charge in [0.15, 0.2) is 0 Å². The molecule has 3 nitrogen and oxygen atoms in total. The van der Waals surface area contributed by atoms with Crippen LogP contribution in [0.4, 0.5) is 0 Å². The van der Waals surface area contributed by atoms with Gasteiger partial charge in [-0.25, -0.2) is 0 Å². The first-order chi connectivity index (χ1) is 5.20. The van der Waals surface area contributed by atoms with Gasteiger partial charge in [0.1, 0.15) is 0 Å². The minimum atomic E-state index is 0.120. The van der Waals surface area contributed by atoms with Gasteiger partial charge in [0, 0.05) is 12.5 Å². The number of amides is 1. The molecule has 0 aliphatic rings. The maximum absolute atomic E-state index is 10.8. The summed E-state index contributed by atoms with van der Waals surface area (Å²) in [7, 11) is 0. The van der Waals surface area contributed by atoms with Gasteiger partial charge < -0.3 is 11.1 Å². The predicted molar refractivity (Wildman–Crippen MR) is 46.2 cm³/mol. The molecule has 0 spiro atoms. The van der Waals surface area contributed by atoms with E-state index in [-0.39, 0.29) is 11.9 Å². The Bertz CT molecular complexity index is 115. The second-order valence-electron chi connectivity index (χ2n) is 2.75. The summed E-state index contributed by atoms with van der Waals surface area (Å²) < 4.78 is 0. The van der Waals surface area contributed by atoms with Crippen LogP contribution in [0.15, 0.2) is 0 Å². The Kier molecular flexibility index (Phi) is 5.84. The van der Waals surface area contributed by atoms with Gasteiger partial charge in [-0.15, -0.1) is 0 Å². The number of rotatable bonds is 5. The molecular weight excluding hydrogens is 140 g/mol. The molecule has 66 valence electrons. The van der Waals surface area contributed by atoms with Crippen molar-refractivity contribution in [1.82, 2.24) is 5.32 Å². The molecule has 0 bridgehead atoms. The van der Waals surface area contributed by atoms with Crippen molar-refractivity contribution in [3.63, 3.8) is 0 Å². The fraction of sp³-hybridized carbons (Fsp3) is 0.875. The summed E-state index contributed by atoms with van der Waals surface area (Å²) in [6.07, 6.45) is 2.51. The van der Waals surface area contributed by atoms with E-state index in [1.165, 1.54) is 0 Å². The molecule has 1 atom stereocenters. The molecule has 0 aromatic carbocycles. The largest absolute Gasteiger partial charge is 0.354 e. The Labute approximate surface area is 68.3 Å². The first kappa shape index (κ1) is 10.4. The lowest BCUT2D eigenvalue weighted by Gasteiger charge is -2.11. The molecule has 0 heterocycles. The third-order valence-corrected chi connectivity index (χ3v) is 1.57. The zero-order chi connectivity index (χ0) is 8.69. The average Bonchev–Trinajstić information content (AvgIpc) is 2.00. The fourth-order valence-corrected chi connectivity index (χ4v) is 0.873. The zero-order valence-electron chi connectivity index (χ0n) is 7.39. The van der Waals surface area contributed by atoms with Crippen molar-refractivity contribution in [3.05, 3.63) is 0 Å². The van der Waals surface area contributed by atoms with E-state index in [9.17, 15) is 4.79 Å². The van der Waals surface area contributed by atoms with Gasteiger partial charge in [-0.1, -0.05) is 6.92 Å². The van der Waals surface area contributed by atoms with Crippen LogP contribution in [0, 0.1) is 0 Å². The molecule has 0 aromatic heterocycles. The number of hydrogen-bond donors (Lipinski definition) is 2. The molecule has 11 heavy (non-hydrogen) atoms. The van der Waals surface area contributed by atoms with E-state index in [4.69, 9.17) is 5.73 Å². The molecule has 0 rings (SSSR count). The predicted octanol–water partition coefficient (Wildman–Crippen LogP) is 0.640. The Morgan fingerprint density at radius 3 is 2.73 bits per heavy atom. The third-order valence-electron chi connectivity index (χ3n) is 1.57. The van der Waals surface area contributed by atoms with Crippen molar-refractivity contribution >= 4 is 5.91 Å². The molecular formula is C8H18N2O. The normalized spacial score (nSPS) is 12.6. The Hall–Kier alpha value is -0.570. The van der Waals surface area contributed by atoms with E-state index < -0.39 is 0 Å². The molecule has 3 N–H and O–H groups in total. The zero-order valence-corrected chi connectivity index (χ0v) is 7.39. The summed E-state index contributed by atoms with van der Waals surface area (Å²) in [4.78, 5) is 10.8. The second kappa shape index (κ2) is 6.16. The highest BCUT2D eigenvalue weighted by atomic mass is 16.1. The summed E-state index contributed by atoms with van der Waals surface area (Å²) >= 11 is 0. The van der Waals surface area contributed by atoms with Crippen LogP contribution >= 0.6 is 0 Å². The maximum Gasteiger partial charge on any atom is 0.219 e. The summed E-state index contributed by atoms with van der Waals surface area (Å²) in [5.41, 5.74) is 5.33. The second-order valence-corrected chi connectivity index (χ2v) is 2.75. The molecule has 1 unspecified atom stereocenters. The van der Waals surface area contributed by atoms with Crippen molar-refractivity contribution in [3.8, 4) is 0 Å². The lowest BCUT2D eigenvalue weighted by molar-refractivity contribution is -0.121. The van der Waals surface area contributed by atoms with Gasteiger partial charge >= 0.3 is 0 Å². The molecule has 0 saturated carbocycles. The van der Waals surface area contributed by atoms with E-state index in [0.717, 1.165) is 12.8 Å². The standard InChI is InChI=1S/C8H18N2O/c1-3-8(11)10-7(2)5-4-6-9/h7H,3-6,9H2,1-2H3,(H,10,11). The fourth-order valence-electron chi connectivity index (χ4n) is 0.873. The smallest absolute Gasteiger partial charge is 0.219 e. The number of carbonyl (C=O) groups is 1. The SMILES string of the molecule is CCC(=O)NC(C)CCCN.